The van der Waals surface area contributed by atoms with Crippen LogP contribution in [0.2, 0.25) is 5.02 Å². The Morgan fingerprint density at radius 1 is 1.55 bits per heavy atom. The van der Waals surface area contributed by atoms with Crippen LogP contribution in [0.5, 0.6) is 0 Å². The predicted octanol–water partition coefficient (Wildman–Crippen LogP) is 2.03. The van der Waals surface area contributed by atoms with Gasteiger partial charge in [-0.15, -0.1) is 0 Å². The SMILES string of the molecule is COC(=O)C1CCN(c2ncc(Cl)cc2[N+](=O)[O-])CC1. The molecule has 0 radical (unpaired) electrons. The van der Waals surface area contributed by atoms with Gasteiger partial charge >= 0.3 is 11.7 Å². The molecule has 0 spiro atoms. The van der Waals surface area contributed by atoms with Crippen molar-refractivity contribution in [3.63, 3.8) is 0 Å². The van der Waals surface area contributed by atoms with Crippen LogP contribution in [-0.4, -0.2) is 36.1 Å². The van der Waals surface area contributed by atoms with E-state index in [-0.39, 0.29) is 22.6 Å². The van der Waals surface area contributed by atoms with E-state index in [9.17, 15) is 14.9 Å². The third kappa shape index (κ3) is 2.98. The van der Waals surface area contributed by atoms with E-state index in [1.165, 1.54) is 19.4 Å². The molecule has 0 bridgehead atoms. The molecule has 0 atom stereocenters. The number of halogens is 1. The number of carbonyl (C=O) groups is 1. The highest BCUT2D eigenvalue weighted by Crippen LogP contribution is 2.31. The van der Waals surface area contributed by atoms with Crippen molar-refractivity contribution >= 4 is 29.1 Å². The lowest BCUT2D eigenvalue weighted by molar-refractivity contribution is -0.384. The van der Waals surface area contributed by atoms with Crippen LogP contribution in [0.25, 0.3) is 0 Å². The minimum absolute atomic E-state index is 0.117. The molecule has 1 saturated heterocycles. The van der Waals surface area contributed by atoms with Crippen LogP contribution in [0.3, 0.4) is 0 Å². The van der Waals surface area contributed by atoms with E-state index >= 15 is 0 Å². The molecule has 2 heterocycles. The van der Waals surface area contributed by atoms with Crippen LogP contribution in [0, 0.1) is 16.0 Å². The Morgan fingerprint density at radius 2 is 2.20 bits per heavy atom. The predicted molar refractivity (Wildman–Crippen MR) is 72.9 cm³/mol. The Hall–Kier alpha value is -1.89. The molecule has 0 N–H and O–H groups in total. The van der Waals surface area contributed by atoms with E-state index in [4.69, 9.17) is 16.3 Å². The molecule has 0 aliphatic carbocycles. The summed E-state index contributed by atoms with van der Waals surface area (Å²) in [7, 11) is 1.36. The molecule has 1 aliphatic rings. The quantitative estimate of drug-likeness (QED) is 0.482. The van der Waals surface area contributed by atoms with Crippen molar-refractivity contribution in [2.75, 3.05) is 25.1 Å². The summed E-state index contributed by atoms with van der Waals surface area (Å²) in [5.41, 5.74) is -0.117. The number of hydrogen-bond acceptors (Lipinski definition) is 6. The number of anilines is 1. The first kappa shape index (κ1) is 14.5. The third-order valence-corrected chi connectivity index (χ3v) is 3.55. The van der Waals surface area contributed by atoms with Crippen LogP contribution in [-0.2, 0) is 9.53 Å². The summed E-state index contributed by atoms with van der Waals surface area (Å²) in [6.45, 7) is 1.05. The van der Waals surface area contributed by atoms with Gasteiger partial charge < -0.3 is 9.64 Å². The van der Waals surface area contributed by atoms with E-state index in [1.807, 2.05) is 0 Å². The number of nitro groups is 1. The van der Waals surface area contributed by atoms with Crippen LogP contribution in [0.1, 0.15) is 12.8 Å². The molecule has 7 nitrogen and oxygen atoms in total. The van der Waals surface area contributed by atoms with Gasteiger partial charge in [0.05, 0.1) is 23.0 Å². The molecule has 0 amide bonds. The molecular weight excluding hydrogens is 286 g/mol. The summed E-state index contributed by atoms with van der Waals surface area (Å²) < 4.78 is 4.71. The van der Waals surface area contributed by atoms with Crippen molar-refractivity contribution in [3.8, 4) is 0 Å². The summed E-state index contributed by atoms with van der Waals surface area (Å²) >= 11 is 5.74. The molecule has 1 aromatic rings. The summed E-state index contributed by atoms with van der Waals surface area (Å²) in [5, 5.41) is 11.3. The average molecular weight is 300 g/mol. The minimum atomic E-state index is -0.499. The second kappa shape index (κ2) is 6.04. The monoisotopic (exact) mass is 299 g/mol. The molecular formula is C12H14ClN3O4. The molecule has 20 heavy (non-hydrogen) atoms. The van der Waals surface area contributed by atoms with Gasteiger partial charge in [0.25, 0.3) is 0 Å². The first-order valence-corrected chi connectivity index (χ1v) is 6.53. The molecule has 1 aromatic heterocycles. The van der Waals surface area contributed by atoms with Gasteiger partial charge in [-0.1, -0.05) is 11.6 Å². The lowest BCUT2D eigenvalue weighted by Crippen LogP contribution is -2.37. The topological polar surface area (TPSA) is 85.6 Å². The highest BCUT2D eigenvalue weighted by atomic mass is 35.5. The molecule has 2 rings (SSSR count). The maximum atomic E-state index is 11.4. The number of ether oxygens (including phenoxy) is 1. The second-order valence-corrected chi connectivity index (χ2v) is 4.97. The lowest BCUT2D eigenvalue weighted by Gasteiger charge is -2.31. The van der Waals surface area contributed by atoms with Crippen LogP contribution >= 0.6 is 11.6 Å². The smallest absolute Gasteiger partial charge is 0.313 e. The first-order valence-electron chi connectivity index (χ1n) is 6.15. The summed E-state index contributed by atoms with van der Waals surface area (Å²) in [5.74, 6) is -0.0893. The van der Waals surface area contributed by atoms with E-state index in [0.29, 0.717) is 31.7 Å². The fourth-order valence-electron chi connectivity index (χ4n) is 2.29. The number of aromatic nitrogens is 1. The Labute approximate surface area is 120 Å². The summed E-state index contributed by atoms with van der Waals surface area (Å²) in [6.07, 6.45) is 2.57. The van der Waals surface area contributed by atoms with E-state index in [0.717, 1.165) is 0 Å². The van der Waals surface area contributed by atoms with E-state index < -0.39 is 4.92 Å². The third-order valence-electron chi connectivity index (χ3n) is 3.34. The molecule has 1 aliphatic heterocycles. The number of hydrogen-bond donors (Lipinski definition) is 0. The standard InChI is InChI=1S/C12H14ClN3O4/c1-20-12(17)8-2-4-15(5-3-8)11-10(16(18)19)6-9(13)7-14-11/h6-8H,2-5H2,1H3. The Morgan fingerprint density at radius 3 is 2.75 bits per heavy atom. The highest BCUT2D eigenvalue weighted by Gasteiger charge is 2.29. The van der Waals surface area contributed by atoms with Gasteiger partial charge in [0.1, 0.15) is 0 Å². The van der Waals surface area contributed by atoms with Crippen molar-refractivity contribution in [1.82, 2.24) is 4.98 Å². The summed E-state index contributed by atoms with van der Waals surface area (Å²) in [4.78, 5) is 27.8. The minimum Gasteiger partial charge on any atom is -0.469 e. The van der Waals surface area contributed by atoms with Gasteiger partial charge in [-0.2, -0.15) is 0 Å². The zero-order valence-electron chi connectivity index (χ0n) is 10.9. The van der Waals surface area contributed by atoms with Crippen molar-refractivity contribution in [3.05, 3.63) is 27.4 Å². The van der Waals surface area contributed by atoms with Crippen molar-refractivity contribution in [1.29, 1.82) is 0 Å². The van der Waals surface area contributed by atoms with Gasteiger partial charge in [0.15, 0.2) is 0 Å². The second-order valence-electron chi connectivity index (χ2n) is 4.54. The van der Waals surface area contributed by atoms with Gasteiger partial charge in [0, 0.05) is 25.4 Å². The van der Waals surface area contributed by atoms with E-state index in [2.05, 4.69) is 4.98 Å². The fraction of sp³-hybridized carbons (Fsp3) is 0.500. The van der Waals surface area contributed by atoms with Crippen LogP contribution in [0.15, 0.2) is 12.3 Å². The van der Waals surface area contributed by atoms with Crippen molar-refractivity contribution < 1.29 is 14.5 Å². The van der Waals surface area contributed by atoms with E-state index in [1.54, 1.807) is 4.90 Å². The fourth-order valence-corrected chi connectivity index (χ4v) is 2.45. The molecule has 0 unspecified atom stereocenters. The van der Waals surface area contributed by atoms with Crippen LogP contribution < -0.4 is 4.90 Å². The number of piperidine rings is 1. The lowest BCUT2D eigenvalue weighted by atomic mass is 9.97. The largest absolute Gasteiger partial charge is 0.469 e. The number of pyridine rings is 1. The maximum absolute atomic E-state index is 11.4. The number of nitrogens with zero attached hydrogens (tertiary/aromatic N) is 3. The Kier molecular flexibility index (Phi) is 4.39. The number of methoxy groups -OCH3 is 1. The molecule has 8 heteroatoms. The van der Waals surface area contributed by atoms with Crippen molar-refractivity contribution in [2.24, 2.45) is 5.92 Å². The van der Waals surface area contributed by atoms with Gasteiger partial charge in [-0.3, -0.25) is 14.9 Å². The highest BCUT2D eigenvalue weighted by molar-refractivity contribution is 6.30. The van der Waals surface area contributed by atoms with Crippen LogP contribution in [0.4, 0.5) is 11.5 Å². The molecule has 1 fully saturated rings. The molecule has 0 aromatic carbocycles. The zero-order valence-corrected chi connectivity index (χ0v) is 11.7. The van der Waals surface area contributed by atoms with Gasteiger partial charge in [-0.05, 0) is 12.8 Å². The Bertz CT molecular complexity index is 529. The first-order chi connectivity index (χ1) is 9.52. The number of carbonyl (C=O) groups excluding carboxylic acids is 1. The molecule has 0 saturated carbocycles. The van der Waals surface area contributed by atoms with Crippen molar-refractivity contribution in [2.45, 2.75) is 12.8 Å². The number of esters is 1. The summed E-state index contributed by atoms with van der Waals surface area (Å²) in [6, 6.07) is 1.29. The average Bonchev–Trinajstić information content (AvgIpc) is 2.46. The maximum Gasteiger partial charge on any atom is 0.313 e. The van der Waals surface area contributed by atoms with Gasteiger partial charge in [-0.25, -0.2) is 4.98 Å². The van der Waals surface area contributed by atoms with Gasteiger partial charge in [0.2, 0.25) is 5.82 Å². The normalized spacial score (nSPS) is 16.0. The Balaban J connectivity index is 2.15. The molecule has 108 valence electrons. The number of rotatable bonds is 3. The zero-order chi connectivity index (χ0) is 14.7.